The molecule has 4 aliphatic heterocycles. The van der Waals surface area contributed by atoms with E-state index in [9.17, 15) is 55.9 Å². The molecule has 0 saturated carbocycles. The van der Waals surface area contributed by atoms with Crippen LogP contribution in [-0.4, -0.2) is 136 Å². The molecule has 9 unspecified atom stereocenters. The molecule has 3 aromatic carbocycles. The summed E-state index contributed by atoms with van der Waals surface area (Å²) in [6.45, 7) is -0.559. The van der Waals surface area contributed by atoms with Crippen molar-refractivity contribution in [1.82, 2.24) is 0 Å². The molecule has 12 N–H and O–H groups in total. The van der Waals surface area contributed by atoms with E-state index in [1.807, 2.05) is 0 Å². The van der Waals surface area contributed by atoms with E-state index in [2.05, 4.69) is 15.0 Å². The van der Waals surface area contributed by atoms with Crippen molar-refractivity contribution in [2.75, 3.05) is 13.2 Å². The zero-order valence-electron chi connectivity index (χ0n) is 30.6. The van der Waals surface area contributed by atoms with E-state index in [0.717, 1.165) is 12.1 Å². The van der Waals surface area contributed by atoms with Gasteiger partial charge in [-0.2, -0.15) is 0 Å². The van der Waals surface area contributed by atoms with Crippen molar-refractivity contribution in [2.24, 2.45) is 15.0 Å². The third-order valence-corrected chi connectivity index (χ3v) is 9.79. The van der Waals surface area contributed by atoms with E-state index in [-0.39, 0.29) is 52.2 Å². The number of aliphatic hydroxyl groups is 7. The van der Waals surface area contributed by atoms with Crippen molar-refractivity contribution in [3.8, 4) is 34.5 Å². The summed E-state index contributed by atoms with van der Waals surface area (Å²) in [7, 11) is 0. The van der Waals surface area contributed by atoms with E-state index >= 15 is 0 Å². The summed E-state index contributed by atoms with van der Waals surface area (Å²) >= 11 is 0. The molecule has 1 fully saturated rings. The average Bonchev–Trinajstić information content (AvgIpc) is 3.89. The van der Waals surface area contributed by atoms with Gasteiger partial charge in [0.15, 0.2) is 35.5 Å². The van der Waals surface area contributed by atoms with Crippen molar-refractivity contribution >= 4 is 35.3 Å². The Morgan fingerprint density at radius 3 is 2.44 bits per heavy atom. The summed E-state index contributed by atoms with van der Waals surface area (Å²) in [5.41, 5.74) is -2.11. The number of hydrogen-bond acceptors (Lipinski definition) is 17. The van der Waals surface area contributed by atoms with Crippen LogP contribution in [0.1, 0.15) is 35.5 Å². The zero-order chi connectivity index (χ0) is 42.2. The smallest absolute Gasteiger partial charge is 0.336 e. The van der Waals surface area contributed by atoms with E-state index in [4.69, 9.17) is 29.1 Å². The molecule has 4 heterocycles. The lowest BCUT2D eigenvalue weighted by Gasteiger charge is -2.46. The second kappa shape index (κ2) is 16.5. The number of nitrogens with two attached hydrogens (primary N) is 1. The molecule has 0 aliphatic carbocycles. The number of hydrogen-bond donors (Lipinski definition) is 11. The minimum Gasteiger partial charge on any atom is -0.508 e. The van der Waals surface area contributed by atoms with Crippen LogP contribution in [0, 0.1) is 0 Å². The number of carboxylic acids is 1. The number of aliphatic hydroxyl groups excluding tert-OH is 6. The molecule has 0 aromatic heterocycles. The Kier molecular flexibility index (Phi) is 11.4. The minimum atomic E-state index is -2.61. The fourth-order valence-corrected chi connectivity index (χ4v) is 6.79. The molecule has 0 amide bonds. The molecule has 0 spiro atoms. The number of phenols is 2. The van der Waals surface area contributed by atoms with Crippen molar-refractivity contribution in [3.63, 3.8) is 0 Å². The summed E-state index contributed by atoms with van der Waals surface area (Å²) in [5, 5.41) is 114. The number of rotatable bonds is 14. The van der Waals surface area contributed by atoms with Crippen LogP contribution in [0.15, 0.2) is 87.8 Å². The van der Waals surface area contributed by atoms with Crippen LogP contribution < -0.4 is 24.4 Å². The molecule has 310 valence electrons. The normalized spacial score (nSPS) is 26.2. The second-order valence-electron chi connectivity index (χ2n) is 13.8. The lowest BCUT2D eigenvalue weighted by molar-refractivity contribution is -0.303. The molecule has 7 rings (SSSR count). The number of aliphatic imine (C=N–C) groups is 3. The van der Waals surface area contributed by atoms with Crippen molar-refractivity contribution in [1.29, 1.82) is 0 Å². The molecule has 3 aromatic rings. The maximum atomic E-state index is 12.4. The van der Waals surface area contributed by atoms with Crippen LogP contribution in [0.4, 0.5) is 0 Å². The summed E-state index contributed by atoms with van der Waals surface area (Å²) in [6.07, 6.45) is -9.12. The first kappa shape index (κ1) is 40.8. The van der Waals surface area contributed by atoms with Crippen molar-refractivity contribution in [2.45, 2.75) is 61.2 Å². The number of fused-ring (bicyclic) bond motifs is 1. The number of phenolic OH excluding ortho intramolecular Hbond substituents is 2. The predicted molar refractivity (Wildman–Crippen MR) is 203 cm³/mol. The quantitative estimate of drug-likeness (QED) is 0.0868. The highest BCUT2D eigenvalue weighted by atomic mass is 16.7. The number of nitrogens with zero attached hydrogens (tertiary/aromatic N) is 3. The van der Waals surface area contributed by atoms with Crippen LogP contribution in [0.5, 0.6) is 34.5 Å². The fraction of sp³-hybridized carbons (Fsp3) is 0.308. The SMILES string of the molecule is [NH2+]=C1C=CC(C(O)C(CO)Oc2ccc(C3C=C(O)c4c(cc(OC5OC(C(=O)O)C(O)(CC6=NC=NC6)C(O)C5O)c(OC(O)c5cccc(O)c5)c4O)O3)cc2)=N1. The molecule has 0 radical (unpaired) electrons. The number of benzene rings is 3. The predicted octanol–water partition coefficient (Wildman–Crippen LogP) is -1.02. The number of carbonyl (C=O) groups is 1. The van der Waals surface area contributed by atoms with E-state index in [0.29, 0.717) is 5.56 Å². The first-order valence-corrected chi connectivity index (χ1v) is 17.9. The van der Waals surface area contributed by atoms with Gasteiger partial charge in [0.2, 0.25) is 18.3 Å². The van der Waals surface area contributed by atoms with Gasteiger partial charge >= 0.3 is 11.8 Å². The van der Waals surface area contributed by atoms with Crippen LogP contribution in [0.3, 0.4) is 0 Å². The summed E-state index contributed by atoms with van der Waals surface area (Å²) in [4.78, 5) is 24.2. The zero-order valence-corrected chi connectivity index (χ0v) is 30.6. The second-order valence-corrected chi connectivity index (χ2v) is 13.8. The fourth-order valence-electron chi connectivity index (χ4n) is 6.79. The van der Waals surface area contributed by atoms with Gasteiger partial charge in [-0.25, -0.2) is 9.79 Å². The Morgan fingerprint density at radius 2 is 1.80 bits per heavy atom. The average molecular weight is 820 g/mol. The largest absolute Gasteiger partial charge is 0.508 e. The van der Waals surface area contributed by atoms with E-state index in [1.165, 1.54) is 54.9 Å². The molecule has 20 heteroatoms. The van der Waals surface area contributed by atoms with E-state index in [1.54, 1.807) is 12.1 Å². The Balaban J connectivity index is 1.18. The van der Waals surface area contributed by atoms with Gasteiger partial charge in [-0.1, -0.05) is 24.3 Å². The summed E-state index contributed by atoms with van der Waals surface area (Å²) in [5.74, 6) is -4.43. The first-order valence-electron chi connectivity index (χ1n) is 17.9. The molecule has 59 heavy (non-hydrogen) atoms. The van der Waals surface area contributed by atoms with Gasteiger partial charge in [0.1, 0.15) is 58.8 Å². The Labute approximate surface area is 333 Å². The van der Waals surface area contributed by atoms with Gasteiger partial charge in [0.25, 0.3) is 0 Å². The number of aromatic hydroxyl groups is 2. The van der Waals surface area contributed by atoms with Crippen LogP contribution in [0.2, 0.25) is 0 Å². The van der Waals surface area contributed by atoms with Gasteiger partial charge in [-0.3, -0.25) is 10.4 Å². The maximum Gasteiger partial charge on any atom is 0.336 e. The summed E-state index contributed by atoms with van der Waals surface area (Å²) in [6, 6.07) is 12.5. The molecule has 20 nitrogen and oxygen atoms in total. The van der Waals surface area contributed by atoms with Crippen LogP contribution in [0.25, 0.3) is 5.76 Å². The third-order valence-electron chi connectivity index (χ3n) is 9.79. The van der Waals surface area contributed by atoms with Gasteiger partial charge in [0.05, 0.1) is 13.2 Å². The summed E-state index contributed by atoms with van der Waals surface area (Å²) < 4.78 is 29.0. The Bertz CT molecular complexity index is 2280. The highest BCUT2D eigenvalue weighted by Gasteiger charge is 2.59. The standard InChI is InChI=1S/C39H38N4O16/c40-28-9-8-22(43-28)30(47)27(15-44)55-21-6-4-17(5-7-21)24-11-23(46)29-25(56-24)12-26(33(31(29)48)58-37(53)18-2-1-3-20(45)10-18)57-38-32(49)34(50)39(54,35(59-38)36(51)52)13-19-14-41-16-42-19/h1-12,16,24,27,30,32,34-35,37-38,40,44-50,53-54H,13-15H2,(H,51,52)/p+1. The highest BCUT2D eigenvalue weighted by Crippen LogP contribution is 2.52. The number of aliphatic carboxylic acids is 1. The lowest BCUT2D eigenvalue weighted by Crippen LogP contribution is -2.69. The van der Waals surface area contributed by atoms with Crippen LogP contribution >= 0.6 is 0 Å². The number of carboxylic acid groups (broad SMARTS) is 1. The molecule has 9 atom stereocenters. The number of ether oxygens (including phenoxy) is 5. The molecule has 0 bridgehead atoms. The van der Waals surface area contributed by atoms with Gasteiger partial charge in [-0.05, 0) is 40.9 Å². The molecule has 4 aliphatic rings. The van der Waals surface area contributed by atoms with Crippen molar-refractivity contribution in [3.05, 3.63) is 89.5 Å². The van der Waals surface area contributed by atoms with Crippen molar-refractivity contribution < 1.29 is 85.0 Å². The Hall–Kier alpha value is -6.39. The molecular formula is C39H39N4O16+. The lowest BCUT2D eigenvalue weighted by atomic mass is 9.80. The molecular weight excluding hydrogens is 780 g/mol. The number of amidine groups is 1. The van der Waals surface area contributed by atoms with Gasteiger partial charge < -0.3 is 74.7 Å². The van der Waals surface area contributed by atoms with Gasteiger partial charge in [0, 0.05) is 35.9 Å². The van der Waals surface area contributed by atoms with Gasteiger partial charge in [-0.15, -0.1) is 0 Å². The third kappa shape index (κ3) is 8.18. The topological polar surface area (TPSA) is 328 Å². The Morgan fingerprint density at radius 1 is 1.03 bits per heavy atom. The molecule has 1 saturated heterocycles. The highest BCUT2D eigenvalue weighted by molar-refractivity contribution is 6.15. The van der Waals surface area contributed by atoms with E-state index < -0.39 is 96.8 Å². The maximum absolute atomic E-state index is 12.4. The first-order chi connectivity index (χ1) is 28.2. The monoisotopic (exact) mass is 819 g/mol. The van der Waals surface area contributed by atoms with Crippen LogP contribution in [-0.2, 0) is 9.53 Å². The minimum absolute atomic E-state index is 0.00269.